The summed E-state index contributed by atoms with van der Waals surface area (Å²) in [5.41, 5.74) is 6.77. The summed E-state index contributed by atoms with van der Waals surface area (Å²) in [6.07, 6.45) is 0.189. The Kier molecular flexibility index (Phi) is 5.91. The van der Waals surface area contributed by atoms with Crippen molar-refractivity contribution >= 4 is 28.9 Å². The molecule has 2 heterocycles. The smallest absolute Gasteiger partial charge is 0.328 e. The lowest BCUT2D eigenvalue weighted by atomic mass is 10.0. The summed E-state index contributed by atoms with van der Waals surface area (Å²) in [6.45, 7) is 0. The molecule has 0 saturated carbocycles. The van der Waals surface area contributed by atoms with E-state index in [2.05, 4.69) is 19.7 Å². The molecule has 2 aromatic heterocycles. The number of nitrogen functional groups attached to an aromatic ring is 1. The van der Waals surface area contributed by atoms with Crippen molar-refractivity contribution in [2.75, 3.05) is 20.0 Å². The van der Waals surface area contributed by atoms with Gasteiger partial charge < -0.3 is 20.2 Å². The number of nitrogens with one attached hydrogen (secondary N) is 1. The van der Waals surface area contributed by atoms with Gasteiger partial charge in [0.05, 0.1) is 33.1 Å². The van der Waals surface area contributed by atoms with Gasteiger partial charge in [-0.2, -0.15) is 0 Å². The number of anilines is 1. The zero-order chi connectivity index (χ0) is 21.0. The van der Waals surface area contributed by atoms with Crippen LogP contribution in [0.15, 0.2) is 35.1 Å². The summed E-state index contributed by atoms with van der Waals surface area (Å²) in [7, 11) is 2.58. The molecule has 0 amide bonds. The number of hydrogen-bond acceptors (Lipinski definition) is 8. The number of aromatic nitrogens is 4. The van der Waals surface area contributed by atoms with Crippen molar-refractivity contribution in [2.24, 2.45) is 0 Å². The lowest BCUT2D eigenvalue weighted by molar-refractivity contribution is -0.141. The summed E-state index contributed by atoms with van der Waals surface area (Å²) >= 11 is 0. The predicted octanol–water partition coefficient (Wildman–Crippen LogP) is 0.960. The molecule has 1 unspecified atom stereocenters. The largest absolute Gasteiger partial charge is 0.469 e. The Morgan fingerprint density at radius 2 is 1.83 bits per heavy atom. The van der Waals surface area contributed by atoms with Gasteiger partial charge in [0.25, 0.3) is 0 Å². The SMILES string of the molecule is COC(=O)CCc1nc(N)c2[nH]c(=O)n(C(CC(=O)OC)c3ccccc3)c2n1. The molecule has 0 aliphatic heterocycles. The Labute approximate surface area is 165 Å². The number of H-pyrrole nitrogens is 1. The topological polar surface area (TPSA) is 142 Å². The summed E-state index contributed by atoms with van der Waals surface area (Å²) in [5, 5.41) is 0. The number of rotatable bonds is 7. The first-order valence-corrected chi connectivity index (χ1v) is 8.89. The average molecular weight is 399 g/mol. The number of ether oxygens (including phenoxy) is 2. The van der Waals surface area contributed by atoms with E-state index in [9.17, 15) is 14.4 Å². The Hall–Kier alpha value is -3.69. The van der Waals surface area contributed by atoms with Gasteiger partial charge in [-0.05, 0) is 5.56 Å². The van der Waals surface area contributed by atoms with Gasteiger partial charge in [-0.15, -0.1) is 0 Å². The van der Waals surface area contributed by atoms with Crippen LogP contribution in [0.2, 0.25) is 0 Å². The standard InChI is InChI=1S/C19H21N5O5/c1-28-14(25)9-8-13-21-17(20)16-18(22-13)24(19(27)23-16)12(10-15(26)29-2)11-6-4-3-5-7-11/h3-7,12H,8-10H2,1-2H3,(H,23,27)(H2,20,21,22). The number of nitrogens with two attached hydrogens (primary N) is 1. The second-order valence-electron chi connectivity index (χ2n) is 6.31. The molecule has 0 bridgehead atoms. The summed E-state index contributed by atoms with van der Waals surface area (Å²) < 4.78 is 10.8. The van der Waals surface area contributed by atoms with E-state index in [0.717, 1.165) is 5.56 Å². The van der Waals surface area contributed by atoms with E-state index in [1.165, 1.54) is 18.8 Å². The fourth-order valence-corrected chi connectivity index (χ4v) is 3.06. The summed E-state index contributed by atoms with van der Waals surface area (Å²) in [6, 6.07) is 8.41. The highest BCUT2D eigenvalue weighted by Gasteiger charge is 2.25. The first-order valence-electron chi connectivity index (χ1n) is 8.89. The van der Waals surface area contributed by atoms with Gasteiger partial charge >= 0.3 is 17.6 Å². The number of imidazole rings is 1. The molecule has 0 fully saturated rings. The Morgan fingerprint density at radius 1 is 1.14 bits per heavy atom. The molecule has 0 aliphatic rings. The number of fused-ring (bicyclic) bond motifs is 1. The molecule has 0 saturated heterocycles. The Balaban J connectivity index is 2.13. The molecule has 0 radical (unpaired) electrons. The van der Waals surface area contributed by atoms with E-state index < -0.39 is 23.7 Å². The maximum atomic E-state index is 12.8. The number of hydrogen-bond donors (Lipinski definition) is 2. The van der Waals surface area contributed by atoms with E-state index in [1.54, 1.807) is 0 Å². The molecular weight excluding hydrogens is 378 g/mol. The van der Waals surface area contributed by atoms with Gasteiger partial charge in [-0.3, -0.25) is 14.2 Å². The predicted molar refractivity (Wildman–Crippen MR) is 104 cm³/mol. The van der Waals surface area contributed by atoms with Crippen molar-refractivity contribution in [1.82, 2.24) is 19.5 Å². The highest BCUT2D eigenvalue weighted by atomic mass is 16.5. The number of methoxy groups -OCH3 is 2. The highest BCUT2D eigenvalue weighted by molar-refractivity contribution is 5.82. The maximum Gasteiger partial charge on any atom is 0.328 e. The molecular formula is C19H21N5O5. The molecule has 1 atom stereocenters. The van der Waals surface area contributed by atoms with Crippen LogP contribution in [0.5, 0.6) is 0 Å². The zero-order valence-electron chi connectivity index (χ0n) is 16.0. The quantitative estimate of drug-likeness (QED) is 0.559. The normalized spacial score (nSPS) is 11.9. The minimum atomic E-state index is -0.660. The van der Waals surface area contributed by atoms with Crippen LogP contribution < -0.4 is 11.4 Å². The van der Waals surface area contributed by atoms with Crippen molar-refractivity contribution < 1.29 is 19.1 Å². The molecule has 3 rings (SSSR count). The van der Waals surface area contributed by atoms with Gasteiger partial charge in [0, 0.05) is 6.42 Å². The second kappa shape index (κ2) is 8.55. The summed E-state index contributed by atoms with van der Waals surface area (Å²) in [5.74, 6) is -0.520. The first kappa shape index (κ1) is 20.1. The van der Waals surface area contributed by atoms with Crippen LogP contribution >= 0.6 is 0 Å². The van der Waals surface area contributed by atoms with E-state index in [-0.39, 0.29) is 42.1 Å². The second-order valence-corrected chi connectivity index (χ2v) is 6.31. The van der Waals surface area contributed by atoms with Gasteiger partial charge in [0.15, 0.2) is 11.5 Å². The maximum absolute atomic E-state index is 12.8. The molecule has 3 aromatic rings. The van der Waals surface area contributed by atoms with E-state index in [0.29, 0.717) is 0 Å². The monoisotopic (exact) mass is 399 g/mol. The molecule has 152 valence electrons. The number of benzene rings is 1. The van der Waals surface area contributed by atoms with Crippen molar-refractivity contribution in [2.45, 2.75) is 25.3 Å². The number of aryl methyl sites for hydroxylation is 1. The minimum absolute atomic E-state index is 0.0698. The van der Waals surface area contributed by atoms with Crippen LogP contribution in [0, 0.1) is 0 Å². The lowest BCUT2D eigenvalue weighted by Gasteiger charge is -2.18. The fraction of sp³-hybridized carbons (Fsp3) is 0.316. The third-order valence-electron chi connectivity index (χ3n) is 4.51. The molecule has 10 heteroatoms. The van der Waals surface area contributed by atoms with Crippen molar-refractivity contribution in [3.8, 4) is 0 Å². The van der Waals surface area contributed by atoms with E-state index in [4.69, 9.17) is 10.5 Å². The van der Waals surface area contributed by atoms with Crippen LogP contribution in [0.4, 0.5) is 5.82 Å². The molecule has 0 spiro atoms. The Bertz CT molecular complexity index is 1090. The van der Waals surface area contributed by atoms with Crippen molar-refractivity contribution in [3.05, 3.63) is 52.2 Å². The van der Waals surface area contributed by atoms with Crippen molar-refractivity contribution in [3.63, 3.8) is 0 Å². The number of aromatic amines is 1. The third-order valence-corrected chi connectivity index (χ3v) is 4.51. The number of esters is 2. The van der Waals surface area contributed by atoms with Gasteiger partial charge in [-0.25, -0.2) is 14.8 Å². The third kappa shape index (κ3) is 4.26. The van der Waals surface area contributed by atoms with Gasteiger partial charge in [-0.1, -0.05) is 30.3 Å². The fourth-order valence-electron chi connectivity index (χ4n) is 3.06. The Morgan fingerprint density at radius 3 is 2.48 bits per heavy atom. The van der Waals surface area contributed by atoms with Crippen LogP contribution in [-0.4, -0.2) is 45.7 Å². The van der Waals surface area contributed by atoms with Gasteiger partial charge in [0.2, 0.25) is 0 Å². The van der Waals surface area contributed by atoms with Crippen LogP contribution in [0.25, 0.3) is 11.2 Å². The van der Waals surface area contributed by atoms with E-state index in [1.807, 2.05) is 30.3 Å². The molecule has 1 aromatic carbocycles. The minimum Gasteiger partial charge on any atom is -0.469 e. The lowest BCUT2D eigenvalue weighted by Crippen LogP contribution is -2.26. The van der Waals surface area contributed by atoms with Gasteiger partial charge in [0.1, 0.15) is 11.3 Å². The number of carbonyl (C=O) groups is 2. The molecule has 29 heavy (non-hydrogen) atoms. The number of carbonyl (C=O) groups excluding carboxylic acids is 2. The average Bonchev–Trinajstić information content (AvgIpc) is 3.07. The van der Waals surface area contributed by atoms with Crippen LogP contribution in [0.3, 0.4) is 0 Å². The van der Waals surface area contributed by atoms with Crippen LogP contribution in [-0.2, 0) is 25.5 Å². The zero-order valence-corrected chi connectivity index (χ0v) is 16.0. The first-order chi connectivity index (χ1) is 13.9. The van der Waals surface area contributed by atoms with E-state index >= 15 is 0 Å². The molecule has 0 aliphatic carbocycles. The highest BCUT2D eigenvalue weighted by Crippen LogP contribution is 2.26. The number of nitrogens with zero attached hydrogens (tertiary/aromatic N) is 3. The van der Waals surface area contributed by atoms with Crippen molar-refractivity contribution in [1.29, 1.82) is 0 Å². The molecule has 10 nitrogen and oxygen atoms in total. The van der Waals surface area contributed by atoms with Crippen LogP contribution in [0.1, 0.15) is 30.3 Å². The molecule has 3 N–H and O–H groups in total. The summed E-state index contributed by atoms with van der Waals surface area (Å²) in [4.78, 5) is 47.4.